The summed E-state index contributed by atoms with van der Waals surface area (Å²) in [6, 6.07) is 1.97. The lowest BCUT2D eigenvalue weighted by atomic mass is 10.00. The maximum Gasteiger partial charge on any atom is 0.130 e. The molecule has 2 N–H and O–H groups in total. The summed E-state index contributed by atoms with van der Waals surface area (Å²) in [7, 11) is 1.68. The Balaban J connectivity index is 1.91. The van der Waals surface area contributed by atoms with Crippen LogP contribution in [-0.4, -0.2) is 36.7 Å². The summed E-state index contributed by atoms with van der Waals surface area (Å²) < 4.78 is 5.10. The van der Waals surface area contributed by atoms with Crippen LogP contribution in [0.2, 0.25) is 0 Å². The van der Waals surface area contributed by atoms with Crippen LogP contribution in [0.3, 0.4) is 0 Å². The Kier molecular flexibility index (Phi) is 4.90. The molecule has 1 aromatic rings. The lowest BCUT2D eigenvalue weighted by Crippen LogP contribution is -2.33. The van der Waals surface area contributed by atoms with Crippen LogP contribution in [0.15, 0.2) is 6.07 Å². The molecule has 0 aliphatic carbocycles. The highest BCUT2D eigenvalue weighted by molar-refractivity contribution is 5.35. The first kappa shape index (κ1) is 13.2. The van der Waals surface area contributed by atoms with Gasteiger partial charge in [0.05, 0.1) is 12.3 Å². The summed E-state index contributed by atoms with van der Waals surface area (Å²) in [5.41, 5.74) is 0.925. The Hall–Kier alpha value is -1.20. The quantitative estimate of drug-likeness (QED) is 0.826. The van der Waals surface area contributed by atoms with Crippen LogP contribution in [0, 0.1) is 12.8 Å². The minimum absolute atomic E-state index is 0.531. The second-order valence-corrected chi connectivity index (χ2v) is 4.82. The zero-order valence-electron chi connectivity index (χ0n) is 11.2. The molecule has 1 fully saturated rings. The zero-order chi connectivity index (χ0) is 12.8. The highest BCUT2D eigenvalue weighted by atomic mass is 16.5. The monoisotopic (exact) mass is 250 g/mol. The van der Waals surface area contributed by atoms with Gasteiger partial charge < -0.3 is 15.4 Å². The number of piperidine rings is 1. The number of aryl methyl sites for hydroxylation is 1. The molecule has 0 aromatic carbocycles. The highest BCUT2D eigenvalue weighted by Gasteiger charge is 2.12. The van der Waals surface area contributed by atoms with Crippen molar-refractivity contribution in [2.24, 2.45) is 5.92 Å². The standard InChI is InChI=1S/C13H22N4O/c1-10-16-12(9-18-2)6-13(17-10)15-8-11-4-3-5-14-7-11/h6,11,14H,3-5,7-9H2,1-2H3,(H,15,16,17). The summed E-state index contributed by atoms with van der Waals surface area (Å²) in [5, 5.41) is 6.83. The van der Waals surface area contributed by atoms with Crippen molar-refractivity contribution < 1.29 is 4.74 Å². The Morgan fingerprint density at radius 1 is 1.50 bits per heavy atom. The minimum atomic E-state index is 0.531. The van der Waals surface area contributed by atoms with Crippen LogP contribution < -0.4 is 10.6 Å². The summed E-state index contributed by atoms with van der Waals surface area (Å²) in [6.45, 7) is 5.66. The predicted octanol–water partition coefficient (Wildman–Crippen LogP) is 1.34. The molecule has 2 rings (SSSR count). The third kappa shape index (κ3) is 3.92. The summed E-state index contributed by atoms with van der Waals surface area (Å²) in [5.74, 6) is 2.38. The first-order valence-electron chi connectivity index (χ1n) is 6.56. The maximum atomic E-state index is 5.10. The topological polar surface area (TPSA) is 59.1 Å². The average molecular weight is 250 g/mol. The van der Waals surface area contributed by atoms with E-state index in [4.69, 9.17) is 4.74 Å². The van der Waals surface area contributed by atoms with E-state index in [1.165, 1.54) is 12.8 Å². The first-order valence-corrected chi connectivity index (χ1v) is 6.56. The molecule has 1 aromatic heterocycles. The van der Waals surface area contributed by atoms with Crippen LogP contribution in [0.1, 0.15) is 24.4 Å². The van der Waals surface area contributed by atoms with Crippen molar-refractivity contribution in [3.63, 3.8) is 0 Å². The molecule has 1 aliphatic rings. The molecule has 0 radical (unpaired) electrons. The van der Waals surface area contributed by atoms with E-state index in [9.17, 15) is 0 Å². The van der Waals surface area contributed by atoms with Gasteiger partial charge in [-0.15, -0.1) is 0 Å². The van der Waals surface area contributed by atoms with Gasteiger partial charge in [-0.25, -0.2) is 9.97 Å². The third-order valence-electron chi connectivity index (χ3n) is 3.15. The zero-order valence-corrected chi connectivity index (χ0v) is 11.2. The molecule has 1 saturated heterocycles. The molecule has 2 heterocycles. The van der Waals surface area contributed by atoms with Crippen LogP contribution in [0.5, 0.6) is 0 Å². The van der Waals surface area contributed by atoms with E-state index < -0.39 is 0 Å². The predicted molar refractivity (Wildman–Crippen MR) is 71.6 cm³/mol. The Morgan fingerprint density at radius 2 is 2.39 bits per heavy atom. The normalized spacial score (nSPS) is 19.8. The smallest absolute Gasteiger partial charge is 0.130 e. The molecular weight excluding hydrogens is 228 g/mol. The van der Waals surface area contributed by atoms with Gasteiger partial charge in [0, 0.05) is 19.7 Å². The fourth-order valence-electron chi connectivity index (χ4n) is 2.29. The number of aromatic nitrogens is 2. The lowest BCUT2D eigenvalue weighted by molar-refractivity contribution is 0.181. The number of nitrogens with zero attached hydrogens (tertiary/aromatic N) is 2. The van der Waals surface area contributed by atoms with Crippen molar-refractivity contribution in [3.05, 3.63) is 17.6 Å². The van der Waals surface area contributed by atoms with Gasteiger partial charge in [0.25, 0.3) is 0 Å². The SMILES string of the molecule is COCc1cc(NCC2CCCNC2)nc(C)n1. The molecule has 0 amide bonds. The van der Waals surface area contributed by atoms with E-state index in [1.807, 2.05) is 13.0 Å². The second-order valence-electron chi connectivity index (χ2n) is 4.82. The summed E-state index contributed by atoms with van der Waals surface area (Å²) in [6.07, 6.45) is 2.55. The molecule has 0 bridgehead atoms. The van der Waals surface area contributed by atoms with Crippen molar-refractivity contribution in [1.29, 1.82) is 0 Å². The van der Waals surface area contributed by atoms with Gasteiger partial charge in [0.1, 0.15) is 11.6 Å². The molecular formula is C13H22N4O. The van der Waals surface area contributed by atoms with Crippen molar-refractivity contribution in [2.75, 3.05) is 32.1 Å². The summed E-state index contributed by atoms with van der Waals surface area (Å²) in [4.78, 5) is 8.73. The van der Waals surface area contributed by atoms with E-state index in [0.717, 1.165) is 37.0 Å². The Labute approximate surface area is 108 Å². The first-order chi connectivity index (χ1) is 8.78. The number of anilines is 1. The lowest BCUT2D eigenvalue weighted by Gasteiger charge is -2.23. The van der Waals surface area contributed by atoms with E-state index in [2.05, 4.69) is 20.6 Å². The maximum absolute atomic E-state index is 5.10. The van der Waals surface area contributed by atoms with Gasteiger partial charge in [-0.3, -0.25) is 0 Å². The van der Waals surface area contributed by atoms with Crippen LogP contribution in [-0.2, 0) is 11.3 Å². The molecule has 1 unspecified atom stereocenters. The van der Waals surface area contributed by atoms with Gasteiger partial charge in [-0.1, -0.05) is 0 Å². The van der Waals surface area contributed by atoms with E-state index in [1.54, 1.807) is 7.11 Å². The van der Waals surface area contributed by atoms with Crippen molar-refractivity contribution in [1.82, 2.24) is 15.3 Å². The molecule has 18 heavy (non-hydrogen) atoms. The number of nitrogens with one attached hydrogen (secondary N) is 2. The van der Waals surface area contributed by atoms with Gasteiger partial charge in [-0.2, -0.15) is 0 Å². The summed E-state index contributed by atoms with van der Waals surface area (Å²) >= 11 is 0. The molecule has 0 saturated carbocycles. The average Bonchev–Trinajstić information content (AvgIpc) is 2.37. The van der Waals surface area contributed by atoms with E-state index in [0.29, 0.717) is 12.5 Å². The molecule has 5 nitrogen and oxygen atoms in total. The molecule has 5 heteroatoms. The number of methoxy groups -OCH3 is 1. The van der Waals surface area contributed by atoms with Gasteiger partial charge in [0.15, 0.2) is 0 Å². The fraction of sp³-hybridized carbons (Fsp3) is 0.692. The van der Waals surface area contributed by atoms with Crippen molar-refractivity contribution >= 4 is 5.82 Å². The minimum Gasteiger partial charge on any atom is -0.378 e. The number of rotatable bonds is 5. The Bertz CT molecular complexity index is 377. The number of ether oxygens (including phenoxy) is 1. The number of hydrogen-bond acceptors (Lipinski definition) is 5. The molecule has 1 aliphatic heterocycles. The van der Waals surface area contributed by atoms with E-state index >= 15 is 0 Å². The van der Waals surface area contributed by atoms with Crippen molar-refractivity contribution in [3.8, 4) is 0 Å². The highest BCUT2D eigenvalue weighted by Crippen LogP contribution is 2.12. The number of hydrogen-bond donors (Lipinski definition) is 2. The second kappa shape index (κ2) is 6.66. The molecule has 100 valence electrons. The van der Waals surface area contributed by atoms with Gasteiger partial charge in [0.2, 0.25) is 0 Å². The van der Waals surface area contributed by atoms with Crippen LogP contribution in [0.4, 0.5) is 5.82 Å². The van der Waals surface area contributed by atoms with Crippen LogP contribution >= 0.6 is 0 Å². The van der Waals surface area contributed by atoms with Crippen molar-refractivity contribution in [2.45, 2.75) is 26.4 Å². The van der Waals surface area contributed by atoms with Gasteiger partial charge in [-0.05, 0) is 38.8 Å². The van der Waals surface area contributed by atoms with Crippen LogP contribution in [0.25, 0.3) is 0 Å². The van der Waals surface area contributed by atoms with E-state index in [-0.39, 0.29) is 0 Å². The molecule has 1 atom stereocenters. The van der Waals surface area contributed by atoms with Gasteiger partial charge >= 0.3 is 0 Å². The largest absolute Gasteiger partial charge is 0.378 e. The fourth-order valence-corrected chi connectivity index (χ4v) is 2.29. The third-order valence-corrected chi connectivity index (χ3v) is 3.15. The molecule has 0 spiro atoms. The Morgan fingerprint density at radius 3 is 3.11 bits per heavy atom.